The molecule has 0 spiro atoms. The van der Waals surface area contributed by atoms with Crippen LogP contribution in [0.4, 0.5) is 0 Å². The third kappa shape index (κ3) is 35.7. The fourth-order valence-electron chi connectivity index (χ4n) is 3.74. The molecule has 0 aromatic heterocycles. The van der Waals surface area contributed by atoms with Crippen molar-refractivity contribution in [3.05, 3.63) is 0 Å². The number of hydrogen-bond acceptors (Lipinski definition) is 7. The molecular weight excluding hydrogens is 472 g/mol. The topological polar surface area (TPSA) is 64.6 Å². The Balaban J connectivity index is 3.00. The van der Waals surface area contributed by atoms with Crippen molar-refractivity contribution < 1.29 is 33.2 Å². The van der Waals surface area contributed by atoms with Crippen LogP contribution in [0, 0.1) is 0 Å². The zero-order valence-corrected chi connectivity index (χ0v) is 24.7. The van der Waals surface area contributed by atoms with Gasteiger partial charge in [0.15, 0.2) is 0 Å². The highest BCUT2D eigenvalue weighted by Gasteiger charge is 1.96. The monoisotopic (exact) mass is 534 g/mol. The Morgan fingerprint density at radius 2 is 0.405 bits per heavy atom. The van der Waals surface area contributed by atoms with E-state index >= 15 is 0 Å². The van der Waals surface area contributed by atoms with E-state index in [0.717, 1.165) is 26.1 Å². The third-order valence-corrected chi connectivity index (χ3v) is 6.02. The van der Waals surface area contributed by atoms with Gasteiger partial charge >= 0.3 is 0 Å². The second-order valence-electron chi connectivity index (χ2n) is 9.53. The molecule has 0 aromatic rings. The predicted molar refractivity (Wildman–Crippen MR) is 152 cm³/mol. The van der Waals surface area contributed by atoms with E-state index in [-0.39, 0.29) is 0 Å². The van der Waals surface area contributed by atoms with Crippen LogP contribution in [0.3, 0.4) is 0 Å². The van der Waals surface area contributed by atoms with Crippen molar-refractivity contribution in [2.24, 2.45) is 0 Å². The largest absolute Gasteiger partial charge is 0.379 e. The lowest BCUT2D eigenvalue weighted by Gasteiger charge is -2.08. The van der Waals surface area contributed by atoms with Gasteiger partial charge in [0.25, 0.3) is 0 Å². The second-order valence-corrected chi connectivity index (χ2v) is 9.53. The van der Waals surface area contributed by atoms with E-state index in [1.165, 1.54) is 77.0 Å². The van der Waals surface area contributed by atoms with E-state index in [1.54, 1.807) is 0 Å². The molecule has 0 rings (SSSR count). The van der Waals surface area contributed by atoms with Gasteiger partial charge in [-0.05, 0) is 12.8 Å². The summed E-state index contributed by atoms with van der Waals surface area (Å²) in [5.41, 5.74) is 0. The molecular formula is C30H62O7. The van der Waals surface area contributed by atoms with Gasteiger partial charge < -0.3 is 33.2 Å². The van der Waals surface area contributed by atoms with Gasteiger partial charge in [0.05, 0.1) is 79.3 Å². The Bertz CT molecular complexity index is 351. The molecule has 0 amide bonds. The van der Waals surface area contributed by atoms with E-state index in [4.69, 9.17) is 33.2 Å². The minimum atomic E-state index is 0.566. The summed E-state index contributed by atoms with van der Waals surface area (Å²) in [5, 5.41) is 0. The maximum Gasteiger partial charge on any atom is 0.0701 e. The van der Waals surface area contributed by atoms with E-state index in [2.05, 4.69) is 13.8 Å². The summed E-state index contributed by atoms with van der Waals surface area (Å²) < 4.78 is 38.6. The highest BCUT2D eigenvalue weighted by molar-refractivity contribution is 4.48. The van der Waals surface area contributed by atoms with E-state index in [0.29, 0.717) is 79.3 Å². The molecule has 0 unspecified atom stereocenters. The van der Waals surface area contributed by atoms with Crippen LogP contribution in [-0.4, -0.2) is 92.5 Å². The van der Waals surface area contributed by atoms with Gasteiger partial charge in [-0.15, -0.1) is 0 Å². The lowest BCUT2D eigenvalue weighted by atomic mass is 10.1. The van der Waals surface area contributed by atoms with Crippen LogP contribution in [0.25, 0.3) is 0 Å². The molecule has 0 N–H and O–H groups in total. The molecule has 0 radical (unpaired) electrons. The lowest BCUT2D eigenvalue weighted by Crippen LogP contribution is -2.14. The quantitative estimate of drug-likeness (QED) is 0.0861. The van der Waals surface area contributed by atoms with Crippen molar-refractivity contribution >= 4 is 0 Å². The highest BCUT2D eigenvalue weighted by atomic mass is 16.6. The molecule has 0 aliphatic rings. The number of unbranched alkanes of at least 4 members (excludes halogenated alkanes) is 12. The summed E-state index contributed by atoms with van der Waals surface area (Å²) in [6, 6.07) is 0. The van der Waals surface area contributed by atoms with Crippen molar-refractivity contribution in [2.45, 2.75) is 104 Å². The predicted octanol–water partition coefficient (Wildman–Crippen LogP) is 6.60. The minimum absolute atomic E-state index is 0.566. The van der Waals surface area contributed by atoms with Gasteiger partial charge in [-0.2, -0.15) is 0 Å². The normalized spacial score (nSPS) is 11.5. The van der Waals surface area contributed by atoms with Crippen molar-refractivity contribution in [1.82, 2.24) is 0 Å². The zero-order valence-electron chi connectivity index (χ0n) is 24.7. The average molecular weight is 535 g/mol. The van der Waals surface area contributed by atoms with E-state index in [9.17, 15) is 0 Å². The van der Waals surface area contributed by atoms with Crippen LogP contribution < -0.4 is 0 Å². The van der Waals surface area contributed by atoms with Gasteiger partial charge in [-0.1, -0.05) is 90.9 Å². The Morgan fingerprint density at radius 1 is 0.216 bits per heavy atom. The molecule has 0 atom stereocenters. The average Bonchev–Trinajstić information content (AvgIpc) is 2.91. The van der Waals surface area contributed by atoms with E-state index in [1.807, 2.05) is 0 Å². The summed E-state index contributed by atoms with van der Waals surface area (Å²) in [4.78, 5) is 0. The van der Waals surface area contributed by atoms with Crippen molar-refractivity contribution in [2.75, 3.05) is 92.5 Å². The van der Waals surface area contributed by atoms with Crippen molar-refractivity contribution in [1.29, 1.82) is 0 Å². The molecule has 0 saturated carbocycles. The maximum atomic E-state index is 5.65. The first kappa shape index (κ1) is 36.7. The summed E-state index contributed by atoms with van der Waals surface area (Å²) >= 11 is 0. The Hall–Kier alpha value is -0.280. The molecule has 0 saturated heterocycles. The van der Waals surface area contributed by atoms with Gasteiger partial charge in [-0.3, -0.25) is 0 Å². The van der Waals surface area contributed by atoms with Gasteiger partial charge in [-0.25, -0.2) is 0 Å². The summed E-state index contributed by atoms with van der Waals surface area (Å²) in [5.74, 6) is 0. The molecule has 7 heteroatoms. The minimum Gasteiger partial charge on any atom is -0.379 e. The Labute approximate surface area is 229 Å². The van der Waals surface area contributed by atoms with Gasteiger partial charge in [0.1, 0.15) is 0 Å². The Morgan fingerprint density at radius 3 is 0.703 bits per heavy atom. The number of rotatable bonds is 34. The molecule has 7 nitrogen and oxygen atoms in total. The van der Waals surface area contributed by atoms with Gasteiger partial charge in [0.2, 0.25) is 0 Å². The first-order valence-corrected chi connectivity index (χ1v) is 15.5. The SMILES string of the molecule is CCCCCCCCCCCCCOCCOCCOCCOCCOCCOCCOCCCCC. The fourth-order valence-corrected chi connectivity index (χ4v) is 3.74. The molecule has 0 bridgehead atoms. The van der Waals surface area contributed by atoms with Crippen molar-refractivity contribution in [3.63, 3.8) is 0 Å². The number of ether oxygens (including phenoxy) is 7. The molecule has 0 aliphatic heterocycles. The van der Waals surface area contributed by atoms with Crippen LogP contribution in [0.15, 0.2) is 0 Å². The summed E-state index contributed by atoms with van der Waals surface area (Å²) in [6.45, 7) is 13.3. The van der Waals surface area contributed by atoms with Crippen molar-refractivity contribution in [3.8, 4) is 0 Å². The second kappa shape index (κ2) is 35.7. The Kier molecular flexibility index (Phi) is 35.4. The van der Waals surface area contributed by atoms with Crippen LogP contribution in [0.2, 0.25) is 0 Å². The first-order valence-electron chi connectivity index (χ1n) is 15.5. The lowest BCUT2D eigenvalue weighted by molar-refractivity contribution is -0.0206. The highest BCUT2D eigenvalue weighted by Crippen LogP contribution is 2.11. The molecule has 224 valence electrons. The molecule has 0 aliphatic carbocycles. The standard InChI is InChI=1S/C30H62O7/c1-3-5-7-8-9-10-11-12-13-14-16-18-32-20-22-34-24-26-36-28-30-37-29-27-35-25-23-33-21-19-31-17-15-6-4-2/h3-30H2,1-2H3. The number of hydrogen-bond donors (Lipinski definition) is 0. The van der Waals surface area contributed by atoms with Crippen LogP contribution in [0.5, 0.6) is 0 Å². The third-order valence-electron chi connectivity index (χ3n) is 6.02. The summed E-state index contributed by atoms with van der Waals surface area (Å²) in [7, 11) is 0. The van der Waals surface area contributed by atoms with Crippen LogP contribution in [0.1, 0.15) is 104 Å². The molecule has 0 aromatic carbocycles. The smallest absolute Gasteiger partial charge is 0.0701 e. The molecule has 0 fully saturated rings. The molecule has 0 heterocycles. The van der Waals surface area contributed by atoms with E-state index < -0.39 is 0 Å². The van der Waals surface area contributed by atoms with Crippen LogP contribution in [-0.2, 0) is 33.2 Å². The summed E-state index contributed by atoms with van der Waals surface area (Å²) in [6.07, 6.45) is 18.6. The fraction of sp³-hybridized carbons (Fsp3) is 1.00. The van der Waals surface area contributed by atoms with Gasteiger partial charge in [0, 0.05) is 13.2 Å². The zero-order chi connectivity index (χ0) is 26.7. The molecule has 37 heavy (non-hydrogen) atoms. The maximum absolute atomic E-state index is 5.65. The van der Waals surface area contributed by atoms with Crippen LogP contribution >= 0.6 is 0 Å². The first-order chi connectivity index (χ1) is 18.4.